The highest BCUT2D eigenvalue weighted by Crippen LogP contribution is 2.41. The van der Waals surface area contributed by atoms with Gasteiger partial charge in [-0.25, -0.2) is 14.3 Å². The monoisotopic (exact) mass is 635 g/mol. The summed E-state index contributed by atoms with van der Waals surface area (Å²) in [6, 6.07) is 5.15. The molecule has 0 spiro atoms. The van der Waals surface area contributed by atoms with Crippen LogP contribution in [-0.2, 0) is 21.4 Å². The fraction of sp³-hybridized carbons (Fsp3) is 0.318. The Morgan fingerprint density at radius 1 is 1.22 bits per heavy atom. The van der Waals surface area contributed by atoms with Gasteiger partial charge in [-0.2, -0.15) is 0 Å². The minimum atomic E-state index is -1.26. The first-order valence-corrected chi connectivity index (χ1v) is 15.8. The van der Waals surface area contributed by atoms with E-state index in [2.05, 4.69) is 31.3 Å². The zero-order chi connectivity index (χ0) is 29.3. The van der Waals surface area contributed by atoms with Crippen LogP contribution in [0.2, 0.25) is 0 Å². The van der Waals surface area contributed by atoms with E-state index >= 15 is 0 Å². The summed E-state index contributed by atoms with van der Waals surface area (Å²) in [7, 11) is 1.66. The fourth-order valence-electron chi connectivity index (χ4n) is 4.13. The Bertz CT molecular complexity index is 1600. The standard InChI is InChI=1S/C22H21N9O6S4/c1-29-20(25-27-28-29)40-9-11-8-39-17-13(16(33)30(17)14(11)18(34)35)23-15(32)12(10-6-4-3-5-7-10)24-19(36)31-22(37)41-21(26-31)38-2/h3-7,12-13,17H,8-9H2,1-2H3,(H,23,32)(H,24,36)(H,34,35)/t12?,13?,17-/m1/s1. The number of thioether (sulfide) groups is 3. The van der Waals surface area contributed by atoms with Gasteiger partial charge in [0, 0.05) is 18.6 Å². The third-order valence-electron chi connectivity index (χ3n) is 6.06. The van der Waals surface area contributed by atoms with E-state index in [1.165, 1.54) is 44.9 Å². The number of fused-ring (bicyclic) bond motifs is 1. The predicted octanol–water partition coefficient (Wildman–Crippen LogP) is 0.380. The second kappa shape index (κ2) is 12.0. The number of hydrogen-bond acceptors (Lipinski definition) is 13. The van der Waals surface area contributed by atoms with Crippen LogP contribution in [0.1, 0.15) is 11.6 Å². The van der Waals surface area contributed by atoms with Crippen molar-refractivity contribution in [2.24, 2.45) is 7.05 Å². The molecule has 1 fully saturated rings. The molecule has 15 nitrogen and oxygen atoms in total. The Labute approximate surface area is 248 Å². The summed E-state index contributed by atoms with van der Waals surface area (Å²) in [6.45, 7) is 0. The molecule has 3 amide bonds. The second-order valence-corrected chi connectivity index (χ2v) is 12.6. The molecule has 3 aromatic rings. The predicted molar refractivity (Wildman–Crippen MR) is 150 cm³/mol. The average Bonchev–Trinajstić information content (AvgIpc) is 3.57. The summed E-state index contributed by atoms with van der Waals surface area (Å²) in [5.41, 5.74) is 0.806. The number of amides is 3. The van der Waals surface area contributed by atoms with Crippen LogP contribution in [0.25, 0.3) is 0 Å². The third kappa shape index (κ3) is 5.74. The number of aryl methyl sites for hydroxylation is 1. The Morgan fingerprint density at radius 2 is 1.98 bits per heavy atom. The molecule has 4 heterocycles. The molecule has 0 aliphatic carbocycles. The van der Waals surface area contributed by atoms with Crippen molar-refractivity contribution >= 4 is 70.4 Å². The fourth-order valence-corrected chi connectivity index (χ4v) is 7.66. The number of nitrogens with zero attached hydrogens (tertiary/aromatic N) is 7. The Balaban J connectivity index is 1.33. The molecule has 5 rings (SSSR count). The van der Waals surface area contributed by atoms with Gasteiger partial charge in [0.15, 0.2) is 4.34 Å². The molecule has 3 atom stereocenters. The molecule has 214 valence electrons. The molecular formula is C22H21N9O6S4. The van der Waals surface area contributed by atoms with Crippen molar-refractivity contribution in [1.29, 1.82) is 0 Å². The SMILES string of the molecule is CSc1nn(C(=O)NC(C(=O)NC2C(=O)N3C(C(=O)O)=C(CSc4nnnn4C)CS[C@H]23)c2ccccc2)c(=O)s1. The number of nitrogens with one attached hydrogen (secondary N) is 2. The molecule has 2 aromatic heterocycles. The van der Waals surface area contributed by atoms with Crippen molar-refractivity contribution in [1.82, 2.24) is 45.5 Å². The number of aromatic nitrogens is 6. The van der Waals surface area contributed by atoms with Gasteiger partial charge in [-0.15, -0.1) is 26.6 Å². The molecule has 2 aliphatic heterocycles. The average molecular weight is 636 g/mol. The Hall–Kier alpha value is -3.68. The molecular weight excluding hydrogens is 615 g/mol. The van der Waals surface area contributed by atoms with Crippen LogP contribution in [0, 0.1) is 0 Å². The first kappa shape index (κ1) is 28.8. The number of hydrogen-bond donors (Lipinski definition) is 3. The molecule has 19 heteroatoms. The summed E-state index contributed by atoms with van der Waals surface area (Å²) in [4.78, 5) is 64.5. The lowest BCUT2D eigenvalue weighted by atomic mass is 10.0. The van der Waals surface area contributed by atoms with Gasteiger partial charge >= 0.3 is 16.9 Å². The quantitative estimate of drug-likeness (QED) is 0.216. The zero-order valence-electron chi connectivity index (χ0n) is 21.3. The van der Waals surface area contributed by atoms with E-state index in [1.807, 2.05) is 0 Å². The molecule has 0 radical (unpaired) electrons. The topological polar surface area (TPSA) is 194 Å². The molecule has 0 bridgehead atoms. The maximum Gasteiger partial charge on any atom is 0.352 e. The number of carbonyl (C=O) groups is 4. The molecule has 3 N–H and O–H groups in total. The zero-order valence-corrected chi connectivity index (χ0v) is 24.6. The number of carbonyl (C=O) groups excluding carboxylic acids is 3. The number of benzene rings is 1. The molecule has 41 heavy (non-hydrogen) atoms. The number of aliphatic carboxylic acids is 1. The van der Waals surface area contributed by atoms with Gasteiger partial charge in [0.05, 0.1) is 0 Å². The van der Waals surface area contributed by atoms with Crippen LogP contribution in [0.3, 0.4) is 0 Å². The van der Waals surface area contributed by atoms with Crippen molar-refractivity contribution in [3.05, 3.63) is 56.8 Å². The number of tetrazole rings is 1. The summed E-state index contributed by atoms with van der Waals surface area (Å²) >= 11 is 4.56. The first-order valence-electron chi connectivity index (χ1n) is 11.7. The van der Waals surface area contributed by atoms with Crippen LogP contribution in [-0.4, -0.2) is 93.0 Å². The van der Waals surface area contributed by atoms with E-state index in [1.54, 1.807) is 43.6 Å². The molecule has 1 saturated heterocycles. The van der Waals surface area contributed by atoms with E-state index in [4.69, 9.17) is 0 Å². The van der Waals surface area contributed by atoms with E-state index in [9.17, 15) is 29.1 Å². The van der Waals surface area contributed by atoms with Crippen LogP contribution in [0.4, 0.5) is 4.79 Å². The molecule has 2 aliphatic rings. The smallest absolute Gasteiger partial charge is 0.352 e. The largest absolute Gasteiger partial charge is 0.477 e. The second-order valence-electron chi connectivity index (χ2n) is 8.57. The van der Waals surface area contributed by atoms with Crippen LogP contribution < -0.4 is 15.5 Å². The van der Waals surface area contributed by atoms with Gasteiger partial charge < -0.3 is 15.7 Å². The van der Waals surface area contributed by atoms with Crippen LogP contribution in [0.15, 0.2) is 55.9 Å². The highest BCUT2D eigenvalue weighted by molar-refractivity contribution is 8.01. The van der Waals surface area contributed by atoms with E-state index in [0.717, 1.165) is 11.3 Å². The Kier molecular flexibility index (Phi) is 8.47. The summed E-state index contributed by atoms with van der Waals surface area (Å²) in [6.07, 6.45) is 1.71. The molecule has 1 aromatic carbocycles. The minimum Gasteiger partial charge on any atom is -0.477 e. The highest BCUT2D eigenvalue weighted by Gasteiger charge is 2.54. The van der Waals surface area contributed by atoms with Crippen molar-refractivity contribution in [2.75, 3.05) is 17.8 Å². The van der Waals surface area contributed by atoms with Gasteiger partial charge in [0.1, 0.15) is 23.2 Å². The third-order valence-corrected chi connectivity index (χ3v) is 10.3. The van der Waals surface area contributed by atoms with Gasteiger partial charge in [0.25, 0.3) is 5.91 Å². The van der Waals surface area contributed by atoms with E-state index in [-0.39, 0.29) is 11.4 Å². The van der Waals surface area contributed by atoms with Crippen LogP contribution in [0.5, 0.6) is 0 Å². The van der Waals surface area contributed by atoms with E-state index < -0.39 is 46.1 Å². The summed E-state index contributed by atoms with van der Waals surface area (Å²) < 4.78 is 2.49. The first-order chi connectivity index (χ1) is 19.7. The molecule has 0 saturated carbocycles. The number of rotatable bonds is 9. The minimum absolute atomic E-state index is 0.132. The lowest BCUT2D eigenvalue weighted by Crippen LogP contribution is -2.71. The summed E-state index contributed by atoms with van der Waals surface area (Å²) in [5.74, 6) is -1.98. The number of carboxylic acid groups (broad SMARTS) is 1. The van der Waals surface area contributed by atoms with Gasteiger partial charge in [-0.05, 0) is 39.2 Å². The van der Waals surface area contributed by atoms with Crippen molar-refractivity contribution in [3.63, 3.8) is 0 Å². The van der Waals surface area contributed by atoms with Crippen molar-refractivity contribution in [2.45, 2.75) is 27.0 Å². The highest BCUT2D eigenvalue weighted by atomic mass is 32.2. The maximum atomic E-state index is 13.5. The summed E-state index contributed by atoms with van der Waals surface area (Å²) in [5, 5.41) is 30.1. The number of β-lactam (4-membered cyclic amide) rings is 1. The molecule has 2 unspecified atom stereocenters. The van der Waals surface area contributed by atoms with E-state index in [0.29, 0.717) is 31.1 Å². The lowest BCUT2D eigenvalue weighted by molar-refractivity contribution is -0.151. The number of carboxylic acids is 1. The van der Waals surface area contributed by atoms with Gasteiger partial charge in [-0.3, -0.25) is 19.3 Å². The van der Waals surface area contributed by atoms with Crippen molar-refractivity contribution in [3.8, 4) is 0 Å². The normalized spacial score (nSPS) is 18.9. The van der Waals surface area contributed by atoms with Crippen LogP contribution >= 0.6 is 46.6 Å². The van der Waals surface area contributed by atoms with Gasteiger partial charge in [0.2, 0.25) is 11.1 Å². The maximum absolute atomic E-state index is 13.5. The van der Waals surface area contributed by atoms with Gasteiger partial charge in [-0.1, -0.05) is 53.9 Å². The lowest BCUT2D eigenvalue weighted by Gasteiger charge is -2.49. The van der Waals surface area contributed by atoms with Crippen molar-refractivity contribution < 1.29 is 24.3 Å². The Morgan fingerprint density at radius 3 is 2.61 bits per heavy atom.